The Morgan fingerprint density at radius 2 is 1.67 bits per heavy atom. The maximum absolute atomic E-state index is 5.99. The van der Waals surface area contributed by atoms with E-state index in [9.17, 15) is 0 Å². The lowest BCUT2D eigenvalue weighted by Gasteiger charge is -2.27. The van der Waals surface area contributed by atoms with E-state index >= 15 is 0 Å². The van der Waals surface area contributed by atoms with Crippen LogP contribution in [0.25, 0.3) is 0 Å². The van der Waals surface area contributed by atoms with Gasteiger partial charge in [0.25, 0.3) is 0 Å². The quantitative estimate of drug-likeness (QED) is 0.761. The molecule has 5 heteroatoms. The Kier molecular flexibility index (Phi) is 4.67. The summed E-state index contributed by atoms with van der Waals surface area (Å²) in [7, 11) is 4.85. The van der Waals surface area contributed by atoms with E-state index < -0.39 is 0 Å². The fourth-order valence-corrected chi connectivity index (χ4v) is 1.76. The molecule has 0 amide bonds. The van der Waals surface area contributed by atoms with E-state index in [0.717, 1.165) is 5.69 Å². The summed E-state index contributed by atoms with van der Waals surface area (Å²) in [5.74, 6) is 1.26. The van der Waals surface area contributed by atoms with E-state index in [1.165, 1.54) is 0 Å². The third-order valence-electron chi connectivity index (χ3n) is 2.53. The van der Waals surface area contributed by atoms with Gasteiger partial charge in [-0.25, -0.2) is 0 Å². The highest BCUT2D eigenvalue weighted by Gasteiger charge is 2.19. The van der Waals surface area contributed by atoms with Crippen LogP contribution in [0.5, 0.6) is 11.5 Å². The van der Waals surface area contributed by atoms with Crippen molar-refractivity contribution in [3.05, 3.63) is 12.1 Å². The minimum atomic E-state index is -0.220. The first-order valence-corrected chi connectivity index (χ1v) is 5.72. The van der Waals surface area contributed by atoms with Crippen LogP contribution in [0, 0.1) is 0 Å². The Bertz CT molecular complexity index is 405. The summed E-state index contributed by atoms with van der Waals surface area (Å²) in [6, 6.07) is 3.57. The van der Waals surface area contributed by atoms with Crippen LogP contribution in [0.2, 0.25) is 0 Å². The lowest BCUT2D eigenvalue weighted by Crippen LogP contribution is -2.36. The normalized spacial score (nSPS) is 11.2. The molecule has 18 heavy (non-hydrogen) atoms. The maximum Gasteiger partial charge on any atom is 0.162 e. The highest BCUT2D eigenvalue weighted by Crippen LogP contribution is 2.35. The van der Waals surface area contributed by atoms with Gasteiger partial charge in [0.1, 0.15) is 0 Å². The molecule has 0 heterocycles. The summed E-state index contributed by atoms with van der Waals surface area (Å²) in [4.78, 5) is 0. The van der Waals surface area contributed by atoms with Gasteiger partial charge < -0.3 is 25.3 Å². The minimum absolute atomic E-state index is 0.220. The van der Waals surface area contributed by atoms with Crippen molar-refractivity contribution in [1.29, 1.82) is 0 Å². The molecule has 0 spiro atoms. The van der Waals surface area contributed by atoms with Crippen LogP contribution in [-0.2, 0) is 4.74 Å². The first-order valence-electron chi connectivity index (χ1n) is 5.72. The first kappa shape index (κ1) is 14.4. The van der Waals surface area contributed by atoms with E-state index in [2.05, 4.69) is 5.32 Å². The molecule has 0 aliphatic rings. The number of nitrogens with one attached hydrogen (secondary N) is 1. The predicted octanol–water partition coefficient (Wildman–Crippen LogP) is 2.12. The molecule has 0 bridgehead atoms. The van der Waals surface area contributed by atoms with Gasteiger partial charge in [-0.2, -0.15) is 0 Å². The summed E-state index contributed by atoms with van der Waals surface area (Å²) >= 11 is 0. The number of anilines is 2. The number of rotatable bonds is 6. The van der Waals surface area contributed by atoms with Crippen LogP contribution in [0.3, 0.4) is 0 Å². The molecule has 0 unspecified atom stereocenters. The standard InChI is InChI=1S/C13H22N2O3/c1-13(2,8-16-3)15-10-7-12(18-5)11(17-4)6-9(10)14/h6-7,15H,8,14H2,1-5H3. The van der Waals surface area contributed by atoms with Crippen LogP contribution in [-0.4, -0.2) is 33.5 Å². The number of benzene rings is 1. The van der Waals surface area contributed by atoms with Gasteiger partial charge in [0.15, 0.2) is 11.5 Å². The molecule has 0 aliphatic carbocycles. The number of ether oxygens (including phenoxy) is 3. The molecule has 102 valence electrons. The number of methoxy groups -OCH3 is 3. The molecule has 1 aromatic rings. The van der Waals surface area contributed by atoms with E-state index in [0.29, 0.717) is 23.8 Å². The Hall–Kier alpha value is -1.62. The molecule has 1 rings (SSSR count). The van der Waals surface area contributed by atoms with Gasteiger partial charge in [-0.05, 0) is 13.8 Å². The summed E-state index contributed by atoms with van der Waals surface area (Å²) in [6.45, 7) is 4.64. The Labute approximate surface area is 108 Å². The number of nitrogen functional groups attached to an aromatic ring is 1. The van der Waals surface area contributed by atoms with E-state index in [4.69, 9.17) is 19.9 Å². The molecule has 3 N–H and O–H groups in total. The third kappa shape index (κ3) is 3.43. The van der Waals surface area contributed by atoms with Gasteiger partial charge in [-0.1, -0.05) is 0 Å². The summed E-state index contributed by atoms with van der Waals surface area (Å²) in [5.41, 5.74) is 7.17. The van der Waals surface area contributed by atoms with Crippen molar-refractivity contribution in [2.45, 2.75) is 19.4 Å². The van der Waals surface area contributed by atoms with E-state index in [1.54, 1.807) is 27.4 Å². The predicted molar refractivity (Wildman–Crippen MR) is 73.5 cm³/mol. The van der Waals surface area contributed by atoms with Crippen LogP contribution < -0.4 is 20.5 Å². The van der Waals surface area contributed by atoms with Crippen molar-refractivity contribution < 1.29 is 14.2 Å². The van der Waals surface area contributed by atoms with Gasteiger partial charge in [0.05, 0.1) is 37.7 Å². The van der Waals surface area contributed by atoms with Crippen LogP contribution in [0.15, 0.2) is 12.1 Å². The lowest BCUT2D eigenvalue weighted by molar-refractivity contribution is 0.158. The molecule has 0 saturated carbocycles. The second-order valence-electron chi connectivity index (χ2n) is 4.74. The first-order chi connectivity index (χ1) is 8.43. The van der Waals surface area contributed by atoms with Crippen molar-refractivity contribution in [1.82, 2.24) is 0 Å². The monoisotopic (exact) mass is 254 g/mol. The molecule has 0 aromatic heterocycles. The highest BCUT2D eigenvalue weighted by molar-refractivity contribution is 5.72. The average molecular weight is 254 g/mol. The molecule has 5 nitrogen and oxygen atoms in total. The lowest BCUT2D eigenvalue weighted by atomic mass is 10.1. The molecule has 1 aromatic carbocycles. The fourth-order valence-electron chi connectivity index (χ4n) is 1.76. The number of nitrogens with two attached hydrogens (primary N) is 1. The third-order valence-corrected chi connectivity index (χ3v) is 2.53. The van der Waals surface area contributed by atoms with E-state index in [-0.39, 0.29) is 5.54 Å². The zero-order chi connectivity index (χ0) is 13.8. The van der Waals surface area contributed by atoms with Crippen LogP contribution in [0.4, 0.5) is 11.4 Å². The van der Waals surface area contributed by atoms with Crippen molar-refractivity contribution >= 4 is 11.4 Å². The topological polar surface area (TPSA) is 65.7 Å². The largest absolute Gasteiger partial charge is 0.493 e. The number of hydrogen-bond donors (Lipinski definition) is 2. The zero-order valence-electron chi connectivity index (χ0n) is 11.7. The smallest absolute Gasteiger partial charge is 0.162 e. The second-order valence-corrected chi connectivity index (χ2v) is 4.74. The summed E-state index contributed by atoms with van der Waals surface area (Å²) < 4.78 is 15.6. The highest BCUT2D eigenvalue weighted by atomic mass is 16.5. The van der Waals surface area contributed by atoms with Crippen LogP contribution in [0.1, 0.15) is 13.8 Å². The maximum atomic E-state index is 5.99. The van der Waals surface area contributed by atoms with Crippen LogP contribution >= 0.6 is 0 Å². The molecule has 0 radical (unpaired) electrons. The van der Waals surface area contributed by atoms with Crippen molar-refractivity contribution in [3.63, 3.8) is 0 Å². The Morgan fingerprint density at radius 3 is 2.17 bits per heavy atom. The van der Waals surface area contributed by atoms with Gasteiger partial charge in [-0.3, -0.25) is 0 Å². The Morgan fingerprint density at radius 1 is 1.11 bits per heavy atom. The molecular weight excluding hydrogens is 232 g/mol. The molecule has 0 aliphatic heterocycles. The summed E-state index contributed by atoms with van der Waals surface area (Å²) in [6.07, 6.45) is 0. The number of hydrogen-bond acceptors (Lipinski definition) is 5. The zero-order valence-corrected chi connectivity index (χ0v) is 11.7. The molecule has 0 saturated heterocycles. The van der Waals surface area contributed by atoms with Crippen molar-refractivity contribution in [2.24, 2.45) is 0 Å². The van der Waals surface area contributed by atoms with Crippen molar-refractivity contribution in [3.8, 4) is 11.5 Å². The van der Waals surface area contributed by atoms with Crippen molar-refractivity contribution in [2.75, 3.05) is 39.0 Å². The van der Waals surface area contributed by atoms with Gasteiger partial charge in [-0.15, -0.1) is 0 Å². The molecular formula is C13H22N2O3. The van der Waals surface area contributed by atoms with Gasteiger partial charge in [0.2, 0.25) is 0 Å². The SMILES string of the molecule is COCC(C)(C)Nc1cc(OC)c(OC)cc1N. The average Bonchev–Trinajstić information content (AvgIpc) is 2.30. The molecule has 0 atom stereocenters. The molecule has 0 fully saturated rings. The fraction of sp³-hybridized carbons (Fsp3) is 0.538. The minimum Gasteiger partial charge on any atom is -0.493 e. The summed E-state index contributed by atoms with van der Waals surface area (Å²) in [5, 5.41) is 3.33. The van der Waals surface area contributed by atoms with E-state index in [1.807, 2.05) is 19.9 Å². The van der Waals surface area contributed by atoms with Gasteiger partial charge in [0, 0.05) is 19.2 Å². The second kappa shape index (κ2) is 5.82. The Balaban J connectivity index is 3.02. The van der Waals surface area contributed by atoms with Gasteiger partial charge >= 0.3 is 0 Å².